The molecule has 0 spiro atoms. The van der Waals surface area contributed by atoms with Gasteiger partial charge in [0.05, 0.1) is 35.3 Å². The predicted molar refractivity (Wildman–Crippen MR) is 82.5 cm³/mol. The van der Waals surface area contributed by atoms with Crippen LogP contribution in [0, 0.1) is 6.92 Å². The summed E-state index contributed by atoms with van der Waals surface area (Å²) < 4.78 is 45.0. The van der Waals surface area contributed by atoms with Crippen LogP contribution >= 0.6 is 0 Å². The highest BCUT2D eigenvalue weighted by Gasteiger charge is 2.31. The number of aryl methyl sites for hydroxylation is 2. The van der Waals surface area contributed by atoms with Gasteiger partial charge in [-0.25, -0.2) is 4.98 Å². The van der Waals surface area contributed by atoms with Crippen LogP contribution in [0.25, 0.3) is 11.0 Å². The zero-order valence-corrected chi connectivity index (χ0v) is 13.5. The molecule has 0 atom stereocenters. The van der Waals surface area contributed by atoms with Crippen LogP contribution in [-0.4, -0.2) is 20.6 Å². The molecule has 0 bridgehead atoms. The summed E-state index contributed by atoms with van der Waals surface area (Å²) in [6.07, 6.45) is -4.39. The Morgan fingerprint density at radius 1 is 1.32 bits per heavy atom. The summed E-state index contributed by atoms with van der Waals surface area (Å²) >= 11 is 0. The Morgan fingerprint density at radius 2 is 2.08 bits per heavy atom. The third-order valence-corrected chi connectivity index (χ3v) is 3.76. The van der Waals surface area contributed by atoms with E-state index in [9.17, 15) is 18.0 Å². The minimum Gasteiger partial charge on any atom is -0.361 e. The van der Waals surface area contributed by atoms with Gasteiger partial charge < -0.3 is 14.4 Å². The molecule has 6 nitrogen and oxygen atoms in total. The summed E-state index contributed by atoms with van der Waals surface area (Å²) in [6, 6.07) is 5.04. The van der Waals surface area contributed by atoms with E-state index in [4.69, 9.17) is 4.52 Å². The lowest BCUT2D eigenvalue weighted by Gasteiger charge is -2.06. The van der Waals surface area contributed by atoms with Crippen molar-refractivity contribution in [2.24, 2.45) is 7.05 Å². The summed E-state index contributed by atoms with van der Waals surface area (Å²) in [5.41, 5.74) is 0.712. The van der Waals surface area contributed by atoms with Gasteiger partial charge in [0.25, 0.3) is 0 Å². The molecule has 0 aliphatic heterocycles. The van der Waals surface area contributed by atoms with E-state index in [1.165, 1.54) is 6.07 Å². The van der Waals surface area contributed by atoms with Crippen molar-refractivity contribution in [3.8, 4) is 0 Å². The predicted octanol–water partition coefficient (Wildman–Crippen LogP) is 2.75. The number of carbonyl (C=O) groups is 1. The highest BCUT2D eigenvalue weighted by molar-refractivity contribution is 5.79. The summed E-state index contributed by atoms with van der Waals surface area (Å²) in [5, 5.41) is 6.37. The van der Waals surface area contributed by atoms with Crippen molar-refractivity contribution in [3.05, 3.63) is 47.1 Å². The number of amides is 1. The van der Waals surface area contributed by atoms with Crippen molar-refractivity contribution in [2.45, 2.75) is 26.1 Å². The van der Waals surface area contributed by atoms with E-state index in [-0.39, 0.29) is 24.4 Å². The number of nitrogens with zero attached hydrogens (tertiary/aromatic N) is 3. The number of fused-ring (bicyclic) bond motifs is 1. The van der Waals surface area contributed by atoms with Crippen LogP contribution in [0.15, 0.2) is 28.8 Å². The van der Waals surface area contributed by atoms with Crippen LogP contribution < -0.4 is 5.32 Å². The van der Waals surface area contributed by atoms with Crippen molar-refractivity contribution >= 4 is 16.9 Å². The van der Waals surface area contributed by atoms with E-state index < -0.39 is 11.7 Å². The topological polar surface area (TPSA) is 73.0 Å². The molecule has 0 radical (unpaired) electrons. The maximum absolute atomic E-state index is 12.8. The first-order valence-electron chi connectivity index (χ1n) is 7.45. The number of hydrogen-bond donors (Lipinski definition) is 1. The molecule has 0 aliphatic rings. The van der Waals surface area contributed by atoms with Crippen molar-refractivity contribution in [1.29, 1.82) is 0 Å². The van der Waals surface area contributed by atoms with Crippen molar-refractivity contribution in [3.63, 3.8) is 0 Å². The maximum atomic E-state index is 12.8. The zero-order chi connectivity index (χ0) is 18.2. The molecule has 3 aromatic rings. The van der Waals surface area contributed by atoms with E-state index in [1.807, 2.05) is 0 Å². The molecule has 9 heteroatoms. The first-order valence-corrected chi connectivity index (χ1v) is 7.45. The third kappa shape index (κ3) is 3.65. The first-order chi connectivity index (χ1) is 11.7. The van der Waals surface area contributed by atoms with Crippen molar-refractivity contribution in [2.75, 3.05) is 0 Å². The second kappa shape index (κ2) is 6.23. The second-order valence-electron chi connectivity index (χ2n) is 5.68. The van der Waals surface area contributed by atoms with E-state index >= 15 is 0 Å². The van der Waals surface area contributed by atoms with Crippen LogP contribution in [0.1, 0.15) is 22.8 Å². The normalized spacial score (nSPS) is 11.9. The average molecular weight is 352 g/mol. The monoisotopic (exact) mass is 352 g/mol. The molecule has 0 saturated heterocycles. The Morgan fingerprint density at radius 3 is 2.72 bits per heavy atom. The molecule has 1 amide bonds. The standard InChI is InChI=1S/C16H15F3N4O2/c1-9-5-11(25-22-9)7-15(24)20-8-14-21-12-6-10(16(17,18)19)3-4-13(12)23(14)2/h3-6H,7-8H2,1-2H3,(H,20,24). The Bertz CT molecular complexity index is 927. The Labute approximate surface area is 140 Å². The van der Waals surface area contributed by atoms with Gasteiger partial charge in [0.15, 0.2) is 0 Å². The van der Waals surface area contributed by atoms with Crippen LogP contribution in [0.5, 0.6) is 0 Å². The molecule has 0 fully saturated rings. The number of rotatable bonds is 4. The van der Waals surface area contributed by atoms with E-state index in [2.05, 4.69) is 15.5 Å². The number of halogens is 3. The van der Waals surface area contributed by atoms with Gasteiger partial charge in [0, 0.05) is 13.1 Å². The highest BCUT2D eigenvalue weighted by Crippen LogP contribution is 2.31. The van der Waals surface area contributed by atoms with Crippen molar-refractivity contribution < 1.29 is 22.5 Å². The van der Waals surface area contributed by atoms with Gasteiger partial charge in [-0.1, -0.05) is 5.16 Å². The number of hydrogen-bond acceptors (Lipinski definition) is 4. The summed E-state index contributed by atoms with van der Waals surface area (Å²) in [5.74, 6) is 0.602. The number of aromatic nitrogens is 3. The zero-order valence-electron chi connectivity index (χ0n) is 13.5. The second-order valence-corrected chi connectivity index (χ2v) is 5.68. The van der Waals surface area contributed by atoms with E-state index in [1.54, 1.807) is 24.6 Å². The van der Waals surface area contributed by atoms with Gasteiger partial charge in [-0.2, -0.15) is 13.2 Å². The summed E-state index contributed by atoms with van der Waals surface area (Å²) in [4.78, 5) is 16.1. The average Bonchev–Trinajstić information content (AvgIpc) is 3.08. The van der Waals surface area contributed by atoms with Gasteiger partial charge in [0.1, 0.15) is 11.6 Å². The SMILES string of the molecule is Cc1cc(CC(=O)NCc2nc3cc(C(F)(F)F)ccc3n2C)on1. The van der Waals surface area contributed by atoms with Crippen LogP contribution in [0.4, 0.5) is 13.2 Å². The number of alkyl halides is 3. The lowest BCUT2D eigenvalue weighted by atomic mass is 10.2. The fourth-order valence-corrected chi connectivity index (χ4v) is 2.48. The largest absolute Gasteiger partial charge is 0.416 e. The van der Waals surface area contributed by atoms with Gasteiger partial charge in [-0.05, 0) is 25.1 Å². The van der Waals surface area contributed by atoms with Gasteiger partial charge in [-0.3, -0.25) is 4.79 Å². The fraction of sp³-hybridized carbons (Fsp3) is 0.312. The Kier molecular flexibility index (Phi) is 4.23. The minimum absolute atomic E-state index is 0.0308. The molecule has 25 heavy (non-hydrogen) atoms. The number of nitrogens with one attached hydrogen (secondary N) is 1. The van der Waals surface area contributed by atoms with Gasteiger partial charge in [0.2, 0.25) is 5.91 Å². The summed E-state index contributed by atoms with van der Waals surface area (Å²) in [7, 11) is 1.68. The smallest absolute Gasteiger partial charge is 0.361 e. The fourth-order valence-electron chi connectivity index (χ4n) is 2.48. The third-order valence-electron chi connectivity index (χ3n) is 3.76. The number of benzene rings is 1. The Hall–Kier alpha value is -2.84. The molecule has 2 heterocycles. The Balaban J connectivity index is 1.73. The molecule has 3 rings (SSSR count). The maximum Gasteiger partial charge on any atom is 0.416 e. The number of carbonyl (C=O) groups excluding carboxylic acids is 1. The molecule has 0 unspecified atom stereocenters. The quantitative estimate of drug-likeness (QED) is 0.784. The summed E-state index contributed by atoms with van der Waals surface area (Å²) in [6.45, 7) is 1.85. The number of imidazole rings is 1. The van der Waals surface area contributed by atoms with Gasteiger partial charge in [-0.15, -0.1) is 0 Å². The van der Waals surface area contributed by atoms with Gasteiger partial charge >= 0.3 is 6.18 Å². The molecule has 1 N–H and O–H groups in total. The van der Waals surface area contributed by atoms with Crippen LogP contribution in [-0.2, 0) is 31.0 Å². The lowest BCUT2D eigenvalue weighted by Crippen LogP contribution is -2.25. The van der Waals surface area contributed by atoms with Crippen molar-refractivity contribution in [1.82, 2.24) is 20.0 Å². The van der Waals surface area contributed by atoms with Crippen LogP contribution in [0.2, 0.25) is 0 Å². The molecule has 0 aliphatic carbocycles. The molecular weight excluding hydrogens is 337 g/mol. The molecule has 2 aromatic heterocycles. The first kappa shape index (κ1) is 17.0. The molecule has 1 aromatic carbocycles. The highest BCUT2D eigenvalue weighted by atomic mass is 19.4. The molecular formula is C16H15F3N4O2. The van der Waals surface area contributed by atoms with Crippen LogP contribution in [0.3, 0.4) is 0 Å². The van der Waals surface area contributed by atoms with E-state index in [0.717, 1.165) is 12.1 Å². The molecule has 0 saturated carbocycles. The minimum atomic E-state index is -4.42. The lowest BCUT2D eigenvalue weighted by molar-refractivity contribution is -0.137. The molecule has 132 valence electrons. The van der Waals surface area contributed by atoms with E-state index in [0.29, 0.717) is 22.8 Å².